The van der Waals surface area contributed by atoms with Crippen molar-refractivity contribution in [3.8, 4) is 11.1 Å². The van der Waals surface area contributed by atoms with Crippen LogP contribution in [0.5, 0.6) is 0 Å². The van der Waals surface area contributed by atoms with Crippen LogP contribution in [0.15, 0.2) is 48.5 Å². The van der Waals surface area contributed by atoms with E-state index in [0.717, 1.165) is 30.4 Å². The van der Waals surface area contributed by atoms with E-state index in [1.807, 2.05) is 12.1 Å². The molecule has 1 aliphatic carbocycles. The first-order chi connectivity index (χ1) is 14.0. The van der Waals surface area contributed by atoms with Gasteiger partial charge in [-0.2, -0.15) is 0 Å². The molecule has 0 bridgehead atoms. The minimum absolute atomic E-state index is 0.0571. The molecule has 2 fully saturated rings. The van der Waals surface area contributed by atoms with Gasteiger partial charge in [0.15, 0.2) is 0 Å². The van der Waals surface area contributed by atoms with Gasteiger partial charge >= 0.3 is 5.97 Å². The molecule has 0 radical (unpaired) electrons. The van der Waals surface area contributed by atoms with Crippen LogP contribution in [0.2, 0.25) is 0 Å². The summed E-state index contributed by atoms with van der Waals surface area (Å²) in [5.74, 6) is -0.508. The third-order valence-electron chi connectivity index (χ3n) is 6.68. The Labute approximate surface area is 170 Å². The van der Waals surface area contributed by atoms with Gasteiger partial charge in [0.2, 0.25) is 0 Å². The number of likely N-dealkylation sites (tertiary alicyclic amines) is 1. The van der Waals surface area contributed by atoms with E-state index in [0.29, 0.717) is 37.4 Å². The zero-order chi connectivity index (χ0) is 20.4. The van der Waals surface area contributed by atoms with Crippen LogP contribution in [0.4, 0.5) is 4.39 Å². The molecule has 1 amide bonds. The van der Waals surface area contributed by atoms with Gasteiger partial charge < -0.3 is 10.0 Å². The highest BCUT2D eigenvalue weighted by Gasteiger charge is 2.44. The molecule has 4 nitrogen and oxygen atoms in total. The van der Waals surface area contributed by atoms with Crippen molar-refractivity contribution in [2.75, 3.05) is 13.1 Å². The van der Waals surface area contributed by atoms with Crippen molar-refractivity contribution in [1.29, 1.82) is 0 Å². The molecule has 2 aromatic carbocycles. The van der Waals surface area contributed by atoms with Crippen LogP contribution in [-0.2, 0) is 4.79 Å². The predicted octanol–water partition coefficient (Wildman–Crippen LogP) is 4.99. The molecule has 0 atom stereocenters. The van der Waals surface area contributed by atoms with Crippen LogP contribution in [0.1, 0.15) is 48.9 Å². The van der Waals surface area contributed by atoms with Crippen LogP contribution in [0, 0.1) is 17.2 Å². The minimum Gasteiger partial charge on any atom is -0.481 e. The lowest BCUT2D eigenvalue weighted by Gasteiger charge is -2.42. The zero-order valence-electron chi connectivity index (χ0n) is 16.4. The lowest BCUT2D eigenvalue weighted by molar-refractivity contribution is -0.153. The average Bonchev–Trinajstić information content (AvgIpc) is 2.71. The molecular formula is C24H26FNO3. The summed E-state index contributed by atoms with van der Waals surface area (Å²) in [4.78, 5) is 26.6. The number of aliphatic carboxylic acids is 1. The van der Waals surface area contributed by atoms with E-state index in [-0.39, 0.29) is 11.7 Å². The summed E-state index contributed by atoms with van der Waals surface area (Å²) in [5, 5.41) is 9.83. The summed E-state index contributed by atoms with van der Waals surface area (Å²) in [5.41, 5.74) is 1.74. The fourth-order valence-corrected chi connectivity index (χ4v) is 4.52. The van der Waals surface area contributed by atoms with Gasteiger partial charge in [-0.1, -0.05) is 43.5 Å². The first kappa shape index (κ1) is 19.6. The first-order valence-corrected chi connectivity index (χ1v) is 10.4. The maximum atomic E-state index is 13.1. The van der Waals surface area contributed by atoms with Crippen LogP contribution < -0.4 is 0 Å². The van der Waals surface area contributed by atoms with E-state index in [1.54, 1.807) is 29.2 Å². The maximum Gasteiger partial charge on any atom is 0.309 e. The second-order valence-electron chi connectivity index (χ2n) is 8.46. The minimum atomic E-state index is -0.708. The van der Waals surface area contributed by atoms with Crippen LogP contribution in [0.25, 0.3) is 11.1 Å². The van der Waals surface area contributed by atoms with Crippen molar-refractivity contribution < 1.29 is 19.1 Å². The van der Waals surface area contributed by atoms with Gasteiger partial charge in [-0.05, 0) is 60.6 Å². The van der Waals surface area contributed by atoms with E-state index in [2.05, 4.69) is 0 Å². The van der Waals surface area contributed by atoms with Crippen LogP contribution in [-0.4, -0.2) is 35.0 Å². The fourth-order valence-electron chi connectivity index (χ4n) is 4.52. The van der Waals surface area contributed by atoms with Gasteiger partial charge in [-0.3, -0.25) is 9.59 Å². The summed E-state index contributed by atoms with van der Waals surface area (Å²) in [6.45, 7) is 0.967. The number of carbonyl (C=O) groups excluding carboxylic acids is 1. The van der Waals surface area contributed by atoms with Crippen molar-refractivity contribution in [2.24, 2.45) is 11.3 Å². The molecule has 1 heterocycles. The summed E-state index contributed by atoms with van der Waals surface area (Å²) >= 11 is 0. The molecule has 2 aromatic rings. The fraction of sp³-hybridized carbons (Fsp3) is 0.417. The number of hydrogen-bond acceptors (Lipinski definition) is 2. The average molecular weight is 395 g/mol. The Morgan fingerprint density at radius 2 is 1.52 bits per heavy atom. The van der Waals surface area contributed by atoms with Crippen molar-refractivity contribution in [2.45, 2.75) is 38.5 Å². The monoisotopic (exact) mass is 395 g/mol. The lowest BCUT2D eigenvalue weighted by atomic mass is 9.67. The SMILES string of the molecule is O=C(c1ccc(-c2ccc(F)cc2)cc1)N1CCC(CC2CCC2)(C(=O)O)CC1. The number of rotatable bonds is 5. The van der Waals surface area contributed by atoms with E-state index < -0.39 is 11.4 Å². The second kappa shape index (κ2) is 7.97. The van der Waals surface area contributed by atoms with E-state index >= 15 is 0 Å². The third kappa shape index (κ3) is 4.04. The summed E-state index contributed by atoms with van der Waals surface area (Å²) in [7, 11) is 0. The molecule has 2 aliphatic rings. The number of amides is 1. The number of nitrogens with zero attached hydrogens (tertiary/aromatic N) is 1. The Morgan fingerprint density at radius 3 is 2.00 bits per heavy atom. The number of carbonyl (C=O) groups is 2. The molecule has 1 N–H and O–H groups in total. The topological polar surface area (TPSA) is 57.6 Å². The van der Waals surface area contributed by atoms with E-state index in [9.17, 15) is 19.1 Å². The van der Waals surface area contributed by atoms with E-state index in [1.165, 1.54) is 18.6 Å². The molecule has 5 heteroatoms. The Balaban J connectivity index is 1.41. The number of carboxylic acids is 1. The zero-order valence-corrected chi connectivity index (χ0v) is 16.4. The van der Waals surface area contributed by atoms with Crippen molar-refractivity contribution in [3.05, 3.63) is 59.9 Å². The molecule has 152 valence electrons. The van der Waals surface area contributed by atoms with Gasteiger partial charge in [0.05, 0.1) is 5.41 Å². The molecule has 4 rings (SSSR count). The number of halogens is 1. The quantitative estimate of drug-likeness (QED) is 0.776. The largest absolute Gasteiger partial charge is 0.481 e. The molecular weight excluding hydrogens is 369 g/mol. The number of hydrogen-bond donors (Lipinski definition) is 1. The molecule has 1 saturated carbocycles. The van der Waals surface area contributed by atoms with Crippen molar-refractivity contribution in [1.82, 2.24) is 4.90 Å². The van der Waals surface area contributed by atoms with Crippen molar-refractivity contribution >= 4 is 11.9 Å². The summed E-state index contributed by atoms with van der Waals surface area (Å²) in [6.07, 6.45) is 5.28. The van der Waals surface area contributed by atoms with E-state index in [4.69, 9.17) is 0 Å². The normalized spacial score (nSPS) is 18.9. The molecule has 0 spiro atoms. The second-order valence-corrected chi connectivity index (χ2v) is 8.46. The summed E-state index contributed by atoms with van der Waals surface area (Å²) < 4.78 is 13.1. The van der Waals surface area contributed by atoms with Gasteiger partial charge in [-0.15, -0.1) is 0 Å². The van der Waals surface area contributed by atoms with Crippen LogP contribution in [0.3, 0.4) is 0 Å². The smallest absolute Gasteiger partial charge is 0.309 e. The molecule has 0 aromatic heterocycles. The standard InChI is InChI=1S/C24H26FNO3/c25-21-10-8-19(9-11-21)18-4-6-20(7-5-18)22(27)26-14-12-24(13-15-26,23(28)29)16-17-2-1-3-17/h4-11,17H,1-3,12-16H2,(H,28,29). The molecule has 1 saturated heterocycles. The highest BCUT2D eigenvalue weighted by Crippen LogP contribution is 2.44. The highest BCUT2D eigenvalue weighted by atomic mass is 19.1. The number of benzene rings is 2. The molecule has 29 heavy (non-hydrogen) atoms. The molecule has 1 aliphatic heterocycles. The summed E-state index contributed by atoms with van der Waals surface area (Å²) in [6, 6.07) is 13.6. The lowest BCUT2D eigenvalue weighted by Crippen LogP contribution is -2.47. The number of piperidine rings is 1. The Morgan fingerprint density at radius 1 is 0.966 bits per heavy atom. The third-order valence-corrected chi connectivity index (χ3v) is 6.68. The Hall–Kier alpha value is -2.69. The Bertz CT molecular complexity index is 879. The van der Waals surface area contributed by atoms with Gasteiger partial charge in [-0.25, -0.2) is 4.39 Å². The predicted molar refractivity (Wildman–Crippen MR) is 109 cm³/mol. The Kier molecular flexibility index (Phi) is 5.39. The van der Waals surface area contributed by atoms with Crippen molar-refractivity contribution in [3.63, 3.8) is 0 Å². The first-order valence-electron chi connectivity index (χ1n) is 10.4. The molecule has 0 unspecified atom stereocenters. The van der Waals surface area contributed by atoms with Gasteiger partial charge in [0.25, 0.3) is 5.91 Å². The van der Waals surface area contributed by atoms with Crippen LogP contribution >= 0.6 is 0 Å². The highest BCUT2D eigenvalue weighted by molar-refractivity contribution is 5.95. The maximum absolute atomic E-state index is 13.1. The number of carboxylic acid groups (broad SMARTS) is 1. The van der Waals surface area contributed by atoms with Gasteiger partial charge in [0.1, 0.15) is 5.82 Å². The van der Waals surface area contributed by atoms with Gasteiger partial charge in [0, 0.05) is 18.7 Å².